The molecule has 0 spiro atoms. The van der Waals surface area contributed by atoms with Crippen LogP contribution in [0.5, 0.6) is 0 Å². The van der Waals surface area contributed by atoms with Gasteiger partial charge in [0.05, 0.1) is 12.3 Å². The molecule has 0 saturated carbocycles. The molecule has 0 aliphatic carbocycles. The number of aromatic nitrogens is 3. The average Bonchev–Trinajstić information content (AvgIpc) is 3.38. The molecule has 0 fully saturated rings. The Morgan fingerprint density at radius 3 is 2.64 bits per heavy atom. The van der Waals surface area contributed by atoms with Crippen LogP contribution >= 0.6 is 11.3 Å². The molecule has 2 aromatic heterocycles. The summed E-state index contributed by atoms with van der Waals surface area (Å²) < 4.78 is 9.98. The van der Waals surface area contributed by atoms with Crippen LogP contribution in [0.25, 0.3) is 11.4 Å². The van der Waals surface area contributed by atoms with E-state index in [2.05, 4.69) is 25.8 Å². The van der Waals surface area contributed by atoms with Crippen LogP contribution in [-0.4, -0.2) is 45.6 Å². The van der Waals surface area contributed by atoms with Crippen LogP contribution in [0.3, 0.4) is 0 Å². The molecule has 0 aliphatic heterocycles. The zero-order chi connectivity index (χ0) is 24.0. The summed E-state index contributed by atoms with van der Waals surface area (Å²) in [6, 6.07) is 6.47. The minimum atomic E-state index is -0.468. The number of nitrogens with zero attached hydrogens (tertiary/aromatic N) is 3. The van der Waals surface area contributed by atoms with Crippen molar-refractivity contribution in [3.8, 4) is 11.4 Å². The van der Waals surface area contributed by atoms with Gasteiger partial charge < -0.3 is 19.9 Å². The van der Waals surface area contributed by atoms with Crippen molar-refractivity contribution in [3.63, 3.8) is 0 Å². The zero-order valence-corrected chi connectivity index (χ0v) is 19.6. The summed E-state index contributed by atoms with van der Waals surface area (Å²) in [4.78, 5) is 45.9. The number of ether oxygens (including phenoxy) is 1. The Kier molecular flexibility index (Phi) is 7.88. The summed E-state index contributed by atoms with van der Waals surface area (Å²) in [6.07, 6.45) is 0.604. The zero-order valence-electron chi connectivity index (χ0n) is 18.8. The topological polar surface area (TPSA) is 136 Å². The Balaban J connectivity index is 1.61. The minimum absolute atomic E-state index is 0.0549. The molecule has 3 aromatic rings. The lowest BCUT2D eigenvalue weighted by Gasteiger charge is -2.16. The number of thiazole rings is 1. The van der Waals surface area contributed by atoms with Gasteiger partial charge in [-0.3, -0.25) is 9.59 Å². The van der Waals surface area contributed by atoms with E-state index in [-0.39, 0.29) is 30.9 Å². The lowest BCUT2D eigenvalue weighted by molar-refractivity contribution is -0.116. The fraction of sp³-hybridized carbons (Fsp3) is 0.364. The Morgan fingerprint density at radius 2 is 1.97 bits per heavy atom. The quantitative estimate of drug-likeness (QED) is 0.452. The molecule has 0 radical (unpaired) electrons. The number of anilines is 1. The number of carbonyl (C=O) groups is 3. The summed E-state index contributed by atoms with van der Waals surface area (Å²) in [6.45, 7) is 7.22. The molecule has 1 atom stereocenters. The van der Waals surface area contributed by atoms with Gasteiger partial charge in [0.2, 0.25) is 17.6 Å². The van der Waals surface area contributed by atoms with E-state index >= 15 is 0 Å². The highest BCUT2D eigenvalue weighted by Gasteiger charge is 2.20. The molecular weight excluding hydrogens is 446 g/mol. The summed E-state index contributed by atoms with van der Waals surface area (Å²) in [5.74, 6) is -0.269. The van der Waals surface area contributed by atoms with Crippen molar-refractivity contribution in [2.45, 2.75) is 46.6 Å². The molecular formula is C22H25N5O5S. The first-order valence-corrected chi connectivity index (χ1v) is 11.3. The molecule has 2 heterocycles. The van der Waals surface area contributed by atoms with Gasteiger partial charge in [-0.2, -0.15) is 4.98 Å². The van der Waals surface area contributed by atoms with E-state index in [0.29, 0.717) is 45.0 Å². The van der Waals surface area contributed by atoms with Gasteiger partial charge >= 0.3 is 5.97 Å². The lowest BCUT2D eigenvalue weighted by atomic mass is 10.1. The molecule has 2 amide bonds. The third kappa shape index (κ3) is 6.22. The predicted molar refractivity (Wildman–Crippen MR) is 122 cm³/mol. The third-order valence-corrected chi connectivity index (χ3v) is 5.73. The Bertz CT molecular complexity index is 1160. The number of amides is 2. The van der Waals surface area contributed by atoms with Crippen LogP contribution in [0.15, 0.2) is 28.8 Å². The van der Waals surface area contributed by atoms with Crippen molar-refractivity contribution in [3.05, 3.63) is 46.3 Å². The number of aryl methyl sites for hydroxylation is 2. The van der Waals surface area contributed by atoms with Gasteiger partial charge in [-0.25, -0.2) is 9.78 Å². The first-order valence-electron chi connectivity index (χ1n) is 10.5. The van der Waals surface area contributed by atoms with Crippen LogP contribution in [0.4, 0.5) is 5.13 Å². The Hall–Kier alpha value is -3.60. The highest BCUT2D eigenvalue weighted by molar-refractivity contribution is 7.17. The number of benzene rings is 1. The minimum Gasteiger partial charge on any atom is -0.462 e. The number of nitrogens with one attached hydrogen (secondary N) is 2. The van der Waals surface area contributed by atoms with E-state index in [1.165, 1.54) is 0 Å². The van der Waals surface area contributed by atoms with E-state index < -0.39 is 5.97 Å². The first kappa shape index (κ1) is 24.1. The van der Waals surface area contributed by atoms with Gasteiger partial charge in [0.15, 0.2) is 5.13 Å². The fourth-order valence-electron chi connectivity index (χ4n) is 3.01. The second-order valence-corrected chi connectivity index (χ2v) is 8.20. The van der Waals surface area contributed by atoms with Gasteiger partial charge in [0.25, 0.3) is 5.91 Å². The fourth-order valence-corrected chi connectivity index (χ4v) is 3.89. The van der Waals surface area contributed by atoms with E-state index in [1.54, 1.807) is 45.0 Å². The van der Waals surface area contributed by atoms with Crippen molar-refractivity contribution in [1.29, 1.82) is 0 Å². The summed E-state index contributed by atoms with van der Waals surface area (Å²) >= 11 is 1.06. The van der Waals surface area contributed by atoms with Gasteiger partial charge in [-0.05, 0) is 32.4 Å². The molecule has 0 aliphatic rings. The molecule has 0 saturated heterocycles. The second kappa shape index (κ2) is 10.8. The van der Waals surface area contributed by atoms with E-state index in [1.807, 2.05) is 6.92 Å². The predicted octanol–water partition coefficient (Wildman–Crippen LogP) is 3.52. The molecule has 1 aromatic carbocycles. The normalized spacial score (nSPS) is 11.6. The SMILES string of the molecule is CCOC(=O)c1sc(NC(=O)CC(CC)NC(=O)c2cccc(-c3noc(C)n3)c2)nc1C. The Labute approximate surface area is 194 Å². The van der Waals surface area contributed by atoms with Crippen LogP contribution in [0, 0.1) is 13.8 Å². The van der Waals surface area contributed by atoms with Crippen molar-refractivity contribution >= 4 is 34.3 Å². The molecule has 10 nitrogen and oxygen atoms in total. The monoisotopic (exact) mass is 471 g/mol. The van der Waals surface area contributed by atoms with Gasteiger partial charge in [-0.1, -0.05) is 35.5 Å². The summed E-state index contributed by atoms with van der Waals surface area (Å²) in [5.41, 5.74) is 1.57. The number of carbonyl (C=O) groups excluding carboxylic acids is 3. The largest absolute Gasteiger partial charge is 0.462 e. The standard InChI is InChI=1S/C22H25N5O5S/c1-5-16(11-17(28)26-22-23-12(3)18(33-22)21(30)31-6-2)25-20(29)15-9-7-8-14(10-15)19-24-13(4)32-27-19/h7-10,16H,5-6,11H2,1-4H3,(H,25,29)(H,23,26,28). The van der Waals surface area contributed by atoms with Crippen LogP contribution in [0.1, 0.15) is 58.3 Å². The van der Waals surface area contributed by atoms with Gasteiger partial charge in [0.1, 0.15) is 4.88 Å². The second-order valence-electron chi connectivity index (χ2n) is 7.20. The number of rotatable bonds is 9. The van der Waals surface area contributed by atoms with E-state index in [4.69, 9.17) is 9.26 Å². The molecule has 33 heavy (non-hydrogen) atoms. The molecule has 174 valence electrons. The van der Waals surface area contributed by atoms with E-state index in [0.717, 1.165) is 11.3 Å². The maximum Gasteiger partial charge on any atom is 0.350 e. The average molecular weight is 472 g/mol. The number of esters is 1. The van der Waals surface area contributed by atoms with E-state index in [9.17, 15) is 14.4 Å². The first-order chi connectivity index (χ1) is 15.8. The lowest BCUT2D eigenvalue weighted by Crippen LogP contribution is -2.37. The van der Waals surface area contributed by atoms with Crippen molar-refractivity contribution in [2.24, 2.45) is 0 Å². The van der Waals surface area contributed by atoms with Crippen LogP contribution < -0.4 is 10.6 Å². The molecule has 0 bridgehead atoms. The van der Waals surface area contributed by atoms with Crippen molar-refractivity contribution in [2.75, 3.05) is 11.9 Å². The molecule has 11 heteroatoms. The maximum absolute atomic E-state index is 12.8. The highest BCUT2D eigenvalue weighted by atomic mass is 32.1. The maximum atomic E-state index is 12.8. The van der Waals surface area contributed by atoms with Crippen molar-refractivity contribution < 1.29 is 23.6 Å². The van der Waals surface area contributed by atoms with Crippen molar-refractivity contribution in [1.82, 2.24) is 20.4 Å². The molecule has 3 rings (SSSR count). The van der Waals surface area contributed by atoms with Gasteiger partial charge in [0, 0.05) is 30.5 Å². The number of hydrogen-bond donors (Lipinski definition) is 2. The summed E-state index contributed by atoms with van der Waals surface area (Å²) in [5, 5.41) is 9.75. The molecule has 1 unspecified atom stereocenters. The molecule has 2 N–H and O–H groups in total. The highest BCUT2D eigenvalue weighted by Crippen LogP contribution is 2.24. The Morgan fingerprint density at radius 1 is 1.18 bits per heavy atom. The van der Waals surface area contributed by atoms with Gasteiger partial charge in [-0.15, -0.1) is 0 Å². The smallest absolute Gasteiger partial charge is 0.350 e. The van der Waals surface area contributed by atoms with Crippen LogP contribution in [0.2, 0.25) is 0 Å². The third-order valence-electron chi connectivity index (χ3n) is 4.67. The van der Waals surface area contributed by atoms with Crippen LogP contribution in [-0.2, 0) is 9.53 Å². The summed E-state index contributed by atoms with van der Waals surface area (Å²) in [7, 11) is 0. The number of hydrogen-bond acceptors (Lipinski definition) is 9.